The van der Waals surface area contributed by atoms with Gasteiger partial charge in [0.2, 0.25) is 5.95 Å². The number of hydrogen-bond donors (Lipinski definition) is 3. The van der Waals surface area contributed by atoms with Crippen LogP contribution in [0.1, 0.15) is 13.3 Å². The predicted octanol–water partition coefficient (Wildman–Crippen LogP) is 3.09. The van der Waals surface area contributed by atoms with Crippen molar-refractivity contribution in [3.05, 3.63) is 48.5 Å². The molecule has 1 fully saturated rings. The first-order valence-corrected chi connectivity index (χ1v) is 12.5. The maximum atomic E-state index is 14.6. The molecule has 0 unspecified atom stereocenters. The molecule has 3 aromatic rings. The average molecular weight is 539 g/mol. The van der Waals surface area contributed by atoms with Gasteiger partial charge in [0, 0.05) is 38.4 Å². The van der Waals surface area contributed by atoms with Crippen LogP contribution in [0.5, 0.6) is 5.75 Å². The third-order valence-electron chi connectivity index (χ3n) is 6.19. The summed E-state index contributed by atoms with van der Waals surface area (Å²) in [5.74, 6) is 1.08. The van der Waals surface area contributed by atoms with Crippen LogP contribution >= 0.6 is 0 Å². The summed E-state index contributed by atoms with van der Waals surface area (Å²) in [5.41, 5.74) is 1.93. The lowest BCUT2D eigenvalue weighted by atomic mass is 10.2. The number of nitrogens with one attached hydrogen (secondary N) is 2. The van der Waals surface area contributed by atoms with E-state index in [9.17, 15) is 9.18 Å². The fourth-order valence-corrected chi connectivity index (χ4v) is 4.21. The molecule has 1 aromatic carbocycles. The normalized spacial score (nSPS) is 15.0. The Morgan fingerprint density at radius 2 is 1.82 bits per heavy atom. The van der Waals surface area contributed by atoms with Crippen molar-refractivity contribution in [2.75, 3.05) is 66.8 Å². The molecular weight excluding hydrogens is 507 g/mol. The van der Waals surface area contributed by atoms with Crippen molar-refractivity contribution in [1.29, 1.82) is 0 Å². The lowest BCUT2D eigenvalue weighted by Gasteiger charge is -2.33. The van der Waals surface area contributed by atoms with Gasteiger partial charge in [-0.15, -0.1) is 0 Å². The predicted molar refractivity (Wildman–Crippen MR) is 146 cm³/mol. The lowest BCUT2D eigenvalue weighted by Crippen LogP contribution is -2.44. The van der Waals surface area contributed by atoms with Gasteiger partial charge < -0.3 is 35.2 Å². The smallest absolute Gasteiger partial charge is 0.290 e. The molecule has 2 aliphatic heterocycles. The van der Waals surface area contributed by atoms with E-state index in [-0.39, 0.29) is 30.8 Å². The minimum atomic E-state index is -0.598. The summed E-state index contributed by atoms with van der Waals surface area (Å²) < 4.78 is 20.1. The van der Waals surface area contributed by atoms with E-state index in [4.69, 9.17) is 14.6 Å². The number of fused-ring (bicyclic) bond motifs is 1. The van der Waals surface area contributed by atoms with Crippen molar-refractivity contribution >= 4 is 47.0 Å². The van der Waals surface area contributed by atoms with Crippen LogP contribution in [0.2, 0.25) is 0 Å². The number of ether oxygens (including phenoxy) is 1. The van der Waals surface area contributed by atoms with Crippen molar-refractivity contribution in [1.82, 2.24) is 19.9 Å². The number of amides is 1. The number of nitrogens with zero attached hydrogens (tertiary/aromatic N) is 6. The van der Waals surface area contributed by atoms with Crippen LogP contribution in [0.4, 0.5) is 39.0 Å². The number of carbonyl (C=O) groups excluding carboxylic acids is 1. The summed E-state index contributed by atoms with van der Waals surface area (Å²) in [4.78, 5) is 39.8. The fraction of sp³-hybridized carbons (Fsp3) is 0.346. The van der Waals surface area contributed by atoms with E-state index in [1.165, 1.54) is 0 Å². The summed E-state index contributed by atoms with van der Waals surface area (Å²) in [6.45, 7) is 6.23. The highest BCUT2D eigenvalue weighted by Gasteiger charge is 2.25. The molecule has 3 N–H and O–H groups in total. The van der Waals surface area contributed by atoms with Gasteiger partial charge in [0.25, 0.3) is 12.4 Å². The number of halogens is 1. The highest BCUT2D eigenvalue weighted by Crippen LogP contribution is 2.35. The van der Waals surface area contributed by atoms with Crippen LogP contribution in [0.25, 0.3) is 0 Å². The summed E-state index contributed by atoms with van der Waals surface area (Å²) >= 11 is 0. The van der Waals surface area contributed by atoms with Gasteiger partial charge in [0.1, 0.15) is 11.6 Å². The molecule has 2 aromatic heterocycles. The number of piperazine rings is 1. The number of carbonyl (C=O) groups is 2. The first-order chi connectivity index (χ1) is 18.9. The van der Waals surface area contributed by atoms with Crippen LogP contribution in [0.15, 0.2) is 42.7 Å². The number of benzene rings is 1. The zero-order chi connectivity index (χ0) is 27.8. The molecule has 2 aliphatic rings. The van der Waals surface area contributed by atoms with E-state index in [0.717, 1.165) is 44.6 Å². The topological polar surface area (TPSA) is 136 Å². The average Bonchev–Trinajstić information content (AvgIpc) is 2.94. The molecule has 4 heterocycles. The molecule has 39 heavy (non-hydrogen) atoms. The van der Waals surface area contributed by atoms with Crippen LogP contribution < -0.4 is 25.2 Å². The zero-order valence-corrected chi connectivity index (χ0v) is 21.8. The van der Waals surface area contributed by atoms with Gasteiger partial charge in [-0.1, -0.05) is 6.92 Å². The molecule has 1 amide bonds. The standard InChI is InChI=1S/C25H29FN8O2.CH2O2/c1-3-8-34-20-13-17(4-6-21(20)36-16-23(34)35)29-24-19(26)15-28-25(31-24)30-18-5-7-22(27-14-18)33-11-9-32(2)10-12-33;2-1-3/h4-7,13-15H,3,8-12,16H2,1-2H3,(H2,28,29,30,31);1H,(H,2,3). The third kappa shape index (κ3) is 6.87. The molecule has 12 nitrogen and oxygen atoms in total. The van der Waals surface area contributed by atoms with Crippen molar-refractivity contribution in [2.45, 2.75) is 13.3 Å². The second kappa shape index (κ2) is 12.8. The monoisotopic (exact) mass is 538 g/mol. The van der Waals surface area contributed by atoms with E-state index in [1.807, 2.05) is 19.1 Å². The maximum Gasteiger partial charge on any atom is 0.290 e. The van der Waals surface area contributed by atoms with Gasteiger partial charge in [-0.25, -0.2) is 14.4 Å². The SMILES string of the molecule is CCCN1C(=O)COc2ccc(Nc3nc(Nc4ccc(N5CCN(C)CC5)nc4)ncc3F)cc21.O=CO. The van der Waals surface area contributed by atoms with E-state index in [0.29, 0.717) is 29.4 Å². The fourth-order valence-electron chi connectivity index (χ4n) is 4.21. The summed E-state index contributed by atoms with van der Waals surface area (Å²) in [5, 5.41) is 13.0. The van der Waals surface area contributed by atoms with Crippen LogP contribution in [0, 0.1) is 5.82 Å². The van der Waals surface area contributed by atoms with Crippen LogP contribution in [-0.4, -0.2) is 83.7 Å². The first-order valence-electron chi connectivity index (χ1n) is 12.5. The number of hydrogen-bond acceptors (Lipinski definition) is 10. The first kappa shape index (κ1) is 27.5. The van der Waals surface area contributed by atoms with Gasteiger partial charge in [-0.05, 0) is 43.8 Å². The van der Waals surface area contributed by atoms with Gasteiger partial charge in [-0.3, -0.25) is 9.59 Å². The van der Waals surface area contributed by atoms with Gasteiger partial charge in [0.15, 0.2) is 18.2 Å². The molecule has 13 heteroatoms. The van der Waals surface area contributed by atoms with E-state index < -0.39 is 5.82 Å². The van der Waals surface area contributed by atoms with Crippen LogP contribution in [-0.2, 0) is 9.59 Å². The van der Waals surface area contributed by atoms with Gasteiger partial charge in [0.05, 0.1) is 23.8 Å². The summed E-state index contributed by atoms with van der Waals surface area (Å²) in [6.07, 6.45) is 3.64. The number of carboxylic acid groups (broad SMARTS) is 1. The van der Waals surface area contributed by atoms with Crippen molar-refractivity contribution in [2.24, 2.45) is 0 Å². The number of anilines is 6. The quantitative estimate of drug-likeness (QED) is 0.383. The Balaban J connectivity index is 0.00000112. The van der Waals surface area contributed by atoms with Gasteiger partial charge >= 0.3 is 0 Å². The lowest BCUT2D eigenvalue weighted by molar-refractivity contribution is -0.123. The highest BCUT2D eigenvalue weighted by atomic mass is 19.1. The largest absolute Gasteiger partial charge is 0.483 e. The second-order valence-electron chi connectivity index (χ2n) is 8.96. The van der Waals surface area contributed by atoms with Crippen molar-refractivity contribution in [3.8, 4) is 5.75 Å². The number of rotatable bonds is 7. The number of pyridine rings is 1. The summed E-state index contributed by atoms with van der Waals surface area (Å²) in [6, 6.07) is 9.14. The Labute approximate surface area is 225 Å². The second-order valence-corrected chi connectivity index (χ2v) is 8.96. The van der Waals surface area contributed by atoms with Crippen LogP contribution in [0.3, 0.4) is 0 Å². The van der Waals surface area contributed by atoms with E-state index in [2.05, 4.69) is 42.4 Å². The molecule has 0 saturated carbocycles. The Kier molecular flexibility index (Phi) is 9.05. The number of likely N-dealkylation sites (N-methyl/N-ethyl adjacent to an activating group) is 1. The molecule has 0 bridgehead atoms. The molecule has 5 rings (SSSR count). The third-order valence-corrected chi connectivity index (χ3v) is 6.19. The maximum absolute atomic E-state index is 14.6. The highest BCUT2D eigenvalue weighted by molar-refractivity contribution is 5.98. The van der Waals surface area contributed by atoms with E-state index >= 15 is 0 Å². The molecule has 0 radical (unpaired) electrons. The zero-order valence-electron chi connectivity index (χ0n) is 21.8. The van der Waals surface area contributed by atoms with Crippen molar-refractivity contribution in [3.63, 3.8) is 0 Å². The van der Waals surface area contributed by atoms with E-state index in [1.54, 1.807) is 29.3 Å². The molecule has 0 spiro atoms. The minimum absolute atomic E-state index is 0.0135. The van der Waals surface area contributed by atoms with Gasteiger partial charge in [-0.2, -0.15) is 4.98 Å². The minimum Gasteiger partial charge on any atom is -0.483 e. The van der Waals surface area contributed by atoms with Crippen molar-refractivity contribution < 1.29 is 23.8 Å². The Hall–Kier alpha value is -4.52. The molecule has 206 valence electrons. The summed E-state index contributed by atoms with van der Waals surface area (Å²) in [7, 11) is 2.12. The molecule has 1 saturated heterocycles. The Morgan fingerprint density at radius 1 is 1.08 bits per heavy atom. The molecule has 0 aliphatic carbocycles. The Morgan fingerprint density at radius 3 is 2.51 bits per heavy atom. The number of aromatic nitrogens is 3. The Bertz CT molecular complexity index is 1290. The molecular formula is C26H31FN8O4. The molecule has 0 atom stereocenters.